The number of piperidine rings is 1. The second-order valence-corrected chi connectivity index (χ2v) is 7.26. The van der Waals surface area contributed by atoms with Crippen LogP contribution in [-0.2, 0) is 6.42 Å². The first-order valence-corrected chi connectivity index (χ1v) is 9.31. The highest BCUT2D eigenvalue weighted by atomic mass is 32.1. The highest BCUT2D eigenvalue weighted by molar-refractivity contribution is 7.10. The van der Waals surface area contributed by atoms with E-state index < -0.39 is 6.10 Å². The Bertz CT molecular complexity index is 645. The van der Waals surface area contributed by atoms with E-state index in [2.05, 4.69) is 5.32 Å². The molecule has 0 spiro atoms. The Balaban J connectivity index is 1.40. The van der Waals surface area contributed by atoms with E-state index in [1.54, 1.807) is 11.3 Å². The van der Waals surface area contributed by atoms with Gasteiger partial charge in [0, 0.05) is 30.9 Å². The van der Waals surface area contributed by atoms with E-state index in [0.717, 1.165) is 29.2 Å². The number of likely N-dealkylation sites (tertiary alicyclic amines) is 1. The van der Waals surface area contributed by atoms with Crippen LogP contribution >= 0.6 is 11.3 Å². The maximum atomic E-state index is 12.2. The molecule has 2 aromatic heterocycles. The Kier molecular flexibility index (Phi) is 5.58. The van der Waals surface area contributed by atoms with Crippen LogP contribution in [0.25, 0.3) is 0 Å². The van der Waals surface area contributed by atoms with Crippen LogP contribution in [0.1, 0.15) is 35.3 Å². The standard InChI is InChI=1S/C18H24N2O3S/c1-13-4-5-15(23-13)6-9-19-18(22)20-10-7-14(8-11-20)17(21)16-3-2-12-24-16/h2-5,12,14,17,21H,6-11H2,1H3,(H,19,22)/t17-/m0/s1. The van der Waals surface area contributed by atoms with Crippen molar-refractivity contribution in [2.75, 3.05) is 19.6 Å². The fourth-order valence-electron chi connectivity index (χ4n) is 3.13. The van der Waals surface area contributed by atoms with Crippen LogP contribution in [0, 0.1) is 12.8 Å². The number of amides is 2. The van der Waals surface area contributed by atoms with Crippen molar-refractivity contribution in [3.63, 3.8) is 0 Å². The van der Waals surface area contributed by atoms with E-state index in [-0.39, 0.29) is 11.9 Å². The Labute approximate surface area is 146 Å². The van der Waals surface area contributed by atoms with Gasteiger partial charge in [-0.15, -0.1) is 11.3 Å². The van der Waals surface area contributed by atoms with Crippen molar-refractivity contribution >= 4 is 17.4 Å². The van der Waals surface area contributed by atoms with Gasteiger partial charge in [-0.25, -0.2) is 4.79 Å². The molecule has 2 aromatic rings. The zero-order valence-corrected chi connectivity index (χ0v) is 14.7. The fraction of sp³-hybridized carbons (Fsp3) is 0.500. The Morgan fingerprint density at radius 1 is 1.42 bits per heavy atom. The van der Waals surface area contributed by atoms with Crippen molar-refractivity contribution in [1.29, 1.82) is 0 Å². The molecule has 1 fully saturated rings. The minimum atomic E-state index is -0.405. The summed E-state index contributed by atoms with van der Waals surface area (Å²) in [5, 5.41) is 15.3. The molecule has 24 heavy (non-hydrogen) atoms. The molecule has 130 valence electrons. The highest BCUT2D eigenvalue weighted by Crippen LogP contribution is 2.32. The number of nitrogens with zero attached hydrogens (tertiary/aromatic N) is 1. The highest BCUT2D eigenvalue weighted by Gasteiger charge is 2.28. The second kappa shape index (κ2) is 7.85. The maximum absolute atomic E-state index is 12.2. The largest absolute Gasteiger partial charge is 0.466 e. The third kappa shape index (κ3) is 4.19. The summed E-state index contributed by atoms with van der Waals surface area (Å²) in [6.07, 6.45) is 1.97. The van der Waals surface area contributed by atoms with Gasteiger partial charge in [0.2, 0.25) is 0 Å². The molecular formula is C18H24N2O3S. The molecule has 0 unspecified atom stereocenters. The molecule has 0 saturated carbocycles. The van der Waals surface area contributed by atoms with E-state index in [0.29, 0.717) is 26.1 Å². The fourth-order valence-corrected chi connectivity index (χ4v) is 3.94. The van der Waals surface area contributed by atoms with Gasteiger partial charge in [0.05, 0.1) is 6.10 Å². The molecule has 1 saturated heterocycles. The number of furan rings is 1. The predicted molar refractivity (Wildman–Crippen MR) is 94.1 cm³/mol. The van der Waals surface area contributed by atoms with Gasteiger partial charge < -0.3 is 19.7 Å². The summed E-state index contributed by atoms with van der Waals surface area (Å²) < 4.78 is 5.49. The zero-order valence-electron chi connectivity index (χ0n) is 13.9. The predicted octanol–water partition coefficient (Wildman–Crippen LogP) is 3.35. The lowest BCUT2D eigenvalue weighted by atomic mass is 9.90. The quantitative estimate of drug-likeness (QED) is 0.871. The first kappa shape index (κ1) is 17.0. The number of rotatable bonds is 5. The van der Waals surface area contributed by atoms with Crippen LogP contribution in [0.3, 0.4) is 0 Å². The number of carbonyl (C=O) groups excluding carboxylic acids is 1. The van der Waals surface area contributed by atoms with Crippen LogP contribution in [-0.4, -0.2) is 35.7 Å². The van der Waals surface area contributed by atoms with Gasteiger partial charge >= 0.3 is 6.03 Å². The number of aliphatic hydroxyl groups is 1. The molecule has 1 aliphatic rings. The third-order valence-electron chi connectivity index (χ3n) is 4.55. The van der Waals surface area contributed by atoms with Gasteiger partial charge in [-0.05, 0) is 49.3 Å². The summed E-state index contributed by atoms with van der Waals surface area (Å²) in [6, 6.07) is 7.79. The summed E-state index contributed by atoms with van der Waals surface area (Å²) in [7, 11) is 0. The molecule has 2 N–H and O–H groups in total. The van der Waals surface area contributed by atoms with Crippen molar-refractivity contribution in [2.45, 2.75) is 32.3 Å². The lowest BCUT2D eigenvalue weighted by molar-refractivity contribution is 0.0690. The number of carbonyl (C=O) groups is 1. The monoisotopic (exact) mass is 348 g/mol. The van der Waals surface area contributed by atoms with Crippen LogP contribution in [0.15, 0.2) is 34.1 Å². The SMILES string of the molecule is Cc1ccc(CCNC(=O)N2CCC([C@H](O)c3cccs3)CC2)o1. The average Bonchev–Trinajstić information content (AvgIpc) is 3.26. The number of hydrogen-bond donors (Lipinski definition) is 2. The number of nitrogens with one attached hydrogen (secondary N) is 1. The van der Waals surface area contributed by atoms with Crippen molar-refractivity contribution < 1.29 is 14.3 Å². The molecule has 6 heteroatoms. The van der Waals surface area contributed by atoms with Crippen LogP contribution < -0.4 is 5.32 Å². The summed E-state index contributed by atoms with van der Waals surface area (Å²) in [4.78, 5) is 15.1. The molecule has 2 amide bonds. The Morgan fingerprint density at radius 2 is 2.21 bits per heavy atom. The first-order chi connectivity index (χ1) is 11.6. The summed E-state index contributed by atoms with van der Waals surface area (Å²) in [5.74, 6) is 2.02. The third-order valence-corrected chi connectivity index (χ3v) is 5.49. The van der Waals surface area contributed by atoms with Gasteiger partial charge in [0.1, 0.15) is 11.5 Å². The number of thiophene rings is 1. The molecule has 0 aromatic carbocycles. The first-order valence-electron chi connectivity index (χ1n) is 8.43. The minimum absolute atomic E-state index is 0.0256. The van der Waals surface area contributed by atoms with E-state index in [1.165, 1.54) is 0 Å². The van der Waals surface area contributed by atoms with Crippen molar-refractivity contribution in [2.24, 2.45) is 5.92 Å². The van der Waals surface area contributed by atoms with Gasteiger partial charge in [-0.3, -0.25) is 0 Å². The van der Waals surface area contributed by atoms with E-state index in [9.17, 15) is 9.90 Å². The number of aryl methyl sites for hydroxylation is 1. The molecule has 5 nitrogen and oxygen atoms in total. The Hall–Kier alpha value is -1.79. The summed E-state index contributed by atoms with van der Waals surface area (Å²) in [6.45, 7) is 3.87. The average molecular weight is 348 g/mol. The molecule has 1 atom stereocenters. The van der Waals surface area contributed by atoms with Crippen molar-refractivity contribution in [1.82, 2.24) is 10.2 Å². The lowest BCUT2D eigenvalue weighted by Crippen LogP contribution is -2.45. The number of urea groups is 1. The molecular weight excluding hydrogens is 324 g/mol. The number of hydrogen-bond acceptors (Lipinski definition) is 4. The molecule has 1 aliphatic heterocycles. The van der Waals surface area contributed by atoms with Crippen LogP contribution in [0.2, 0.25) is 0 Å². The summed E-state index contributed by atoms with van der Waals surface area (Å²) >= 11 is 1.59. The van der Waals surface area contributed by atoms with Gasteiger partial charge in [-0.2, -0.15) is 0 Å². The van der Waals surface area contributed by atoms with Gasteiger partial charge in [0.25, 0.3) is 0 Å². The normalized spacial score (nSPS) is 17.0. The topological polar surface area (TPSA) is 65.7 Å². The maximum Gasteiger partial charge on any atom is 0.317 e. The van der Waals surface area contributed by atoms with E-state index in [4.69, 9.17) is 4.42 Å². The van der Waals surface area contributed by atoms with Gasteiger partial charge in [0.15, 0.2) is 0 Å². The van der Waals surface area contributed by atoms with E-state index >= 15 is 0 Å². The minimum Gasteiger partial charge on any atom is -0.466 e. The molecule has 3 heterocycles. The smallest absolute Gasteiger partial charge is 0.317 e. The van der Waals surface area contributed by atoms with Crippen LogP contribution in [0.5, 0.6) is 0 Å². The molecule has 3 rings (SSSR count). The lowest BCUT2D eigenvalue weighted by Gasteiger charge is -2.34. The summed E-state index contributed by atoms with van der Waals surface area (Å²) in [5.41, 5.74) is 0. The van der Waals surface area contributed by atoms with Crippen molar-refractivity contribution in [3.05, 3.63) is 46.0 Å². The van der Waals surface area contributed by atoms with Crippen molar-refractivity contribution in [3.8, 4) is 0 Å². The zero-order chi connectivity index (χ0) is 16.9. The molecule has 0 bridgehead atoms. The second-order valence-electron chi connectivity index (χ2n) is 6.28. The molecule has 0 aliphatic carbocycles. The Morgan fingerprint density at radius 3 is 2.83 bits per heavy atom. The van der Waals surface area contributed by atoms with Gasteiger partial charge in [-0.1, -0.05) is 6.07 Å². The van der Waals surface area contributed by atoms with Crippen LogP contribution in [0.4, 0.5) is 4.79 Å². The van der Waals surface area contributed by atoms with E-state index in [1.807, 2.05) is 41.5 Å². The number of aliphatic hydroxyl groups excluding tert-OH is 1. The molecule has 0 radical (unpaired) electrons.